The first-order valence-electron chi connectivity index (χ1n) is 9.64. The topological polar surface area (TPSA) is 94.1 Å². The summed E-state index contributed by atoms with van der Waals surface area (Å²) < 4.78 is 53.7. The van der Waals surface area contributed by atoms with Crippen molar-refractivity contribution in [1.29, 1.82) is 0 Å². The standard InChI is InChI=1S/C22H24F3NO6/c1-13(2)32-19(21(28)29)11-14-4-9-18(30-3)17(10-14)26-20(27)12-31-16-7-5-15(6-8-16)22(23,24)25/h4-10,13,19H,11-12H2,1-3H3,(H,26,27)(H,28,29). The van der Waals surface area contributed by atoms with Crippen LogP contribution in [-0.2, 0) is 26.9 Å². The van der Waals surface area contributed by atoms with Crippen LogP contribution in [0.3, 0.4) is 0 Å². The number of hydrogen-bond donors (Lipinski definition) is 2. The molecule has 0 spiro atoms. The summed E-state index contributed by atoms with van der Waals surface area (Å²) in [5, 5.41) is 11.9. The van der Waals surface area contributed by atoms with E-state index in [1.165, 1.54) is 7.11 Å². The van der Waals surface area contributed by atoms with Crippen molar-refractivity contribution in [2.75, 3.05) is 19.0 Å². The van der Waals surface area contributed by atoms with E-state index in [-0.39, 0.29) is 18.3 Å². The second-order valence-corrected chi connectivity index (χ2v) is 7.11. The van der Waals surface area contributed by atoms with Gasteiger partial charge in [-0.25, -0.2) is 4.79 Å². The number of aliphatic carboxylic acids is 1. The zero-order valence-electron chi connectivity index (χ0n) is 17.7. The van der Waals surface area contributed by atoms with Gasteiger partial charge in [-0.2, -0.15) is 13.2 Å². The monoisotopic (exact) mass is 455 g/mol. The first kappa shape index (κ1) is 25.0. The summed E-state index contributed by atoms with van der Waals surface area (Å²) in [5.41, 5.74) is 0.0643. The van der Waals surface area contributed by atoms with Crippen LogP contribution in [0.25, 0.3) is 0 Å². The van der Waals surface area contributed by atoms with Crippen molar-refractivity contribution in [1.82, 2.24) is 0 Å². The summed E-state index contributed by atoms with van der Waals surface area (Å²) in [4.78, 5) is 23.7. The van der Waals surface area contributed by atoms with Crippen LogP contribution >= 0.6 is 0 Å². The Labute approximate surface area is 183 Å². The van der Waals surface area contributed by atoms with Gasteiger partial charge in [0.15, 0.2) is 12.7 Å². The number of ether oxygens (including phenoxy) is 3. The molecular weight excluding hydrogens is 431 g/mol. The number of alkyl halides is 3. The molecule has 0 fully saturated rings. The number of nitrogens with one attached hydrogen (secondary N) is 1. The fourth-order valence-corrected chi connectivity index (χ4v) is 2.79. The number of carbonyl (C=O) groups excluding carboxylic acids is 1. The van der Waals surface area contributed by atoms with Gasteiger partial charge in [-0.15, -0.1) is 0 Å². The molecule has 2 aromatic rings. The molecule has 0 aromatic heterocycles. The number of methoxy groups -OCH3 is 1. The van der Waals surface area contributed by atoms with Crippen molar-refractivity contribution in [3.05, 3.63) is 53.6 Å². The minimum absolute atomic E-state index is 0.0719. The van der Waals surface area contributed by atoms with E-state index in [1.807, 2.05) is 0 Å². The lowest BCUT2D eigenvalue weighted by atomic mass is 10.1. The maximum absolute atomic E-state index is 12.6. The van der Waals surface area contributed by atoms with Crippen LogP contribution in [-0.4, -0.2) is 42.9 Å². The highest BCUT2D eigenvalue weighted by atomic mass is 19.4. The summed E-state index contributed by atoms with van der Waals surface area (Å²) in [6.45, 7) is 3.01. The van der Waals surface area contributed by atoms with E-state index >= 15 is 0 Å². The fraction of sp³-hybridized carbons (Fsp3) is 0.364. The third-order valence-corrected chi connectivity index (χ3v) is 4.22. The predicted molar refractivity (Wildman–Crippen MR) is 110 cm³/mol. The Morgan fingerprint density at radius 3 is 2.28 bits per heavy atom. The van der Waals surface area contributed by atoms with Gasteiger partial charge < -0.3 is 24.6 Å². The molecule has 2 N–H and O–H groups in total. The van der Waals surface area contributed by atoms with Crippen LogP contribution in [0, 0.1) is 0 Å². The molecule has 0 saturated heterocycles. The third-order valence-electron chi connectivity index (χ3n) is 4.22. The van der Waals surface area contributed by atoms with E-state index in [4.69, 9.17) is 14.2 Å². The normalized spacial score (nSPS) is 12.3. The molecule has 1 amide bonds. The molecule has 0 bridgehead atoms. The number of rotatable bonds is 10. The molecule has 0 radical (unpaired) electrons. The molecule has 0 heterocycles. The first-order valence-corrected chi connectivity index (χ1v) is 9.64. The second kappa shape index (κ2) is 10.9. The summed E-state index contributed by atoms with van der Waals surface area (Å²) in [7, 11) is 1.41. The summed E-state index contributed by atoms with van der Waals surface area (Å²) in [6, 6.07) is 8.77. The van der Waals surface area contributed by atoms with Crippen LogP contribution < -0.4 is 14.8 Å². The third kappa shape index (κ3) is 7.45. The Hall–Kier alpha value is -3.27. The fourth-order valence-electron chi connectivity index (χ4n) is 2.79. The van der Waals surface area contributed by atoms with Crippen LogP contribution in [0.2, 0.25) is 0 Å². The van der Waals surface area contributed by atoms with Crippen molar-refractivity contribution in [3.63, 3.8) is 0 Å². The molecule has 0 saturated carbocycles. The predicted octanol–water partition coefficient (Wildman–Crippen LogP) is 4.15. The number of carboxylic acid groups (broad SMARTS) is 1. The van der Waals surface area contributed by atoms with Gasteiger partial charge in [0.2, 0.25) is 0 Å². The van der Waals surface area contributed by atoms with Crippen molar-refractivity contribution in [3.8, 4) is 11.5 Å². The van der Waals surface area contributed by atoms with Gasteiger partial charge in [-0.3, -0.25) is 4.79 Å². The molecule has 2 rings (SSSR count). The molecule has 0 aliphatic carbocycles. The van der Waals surface area contributed by atoms with Crippen molar-refractivity contribution in [2.24, 2.45) is 0 Å². The van der Waals surface area contributed by atoms with Gasteiger partial charge >= 0.3 is 12.1 Å². The number of halogens is 3. The molecule has 0 aliphatic heterocycles. The highest BCUT2D eigenvalue weighted by Crippen LogP contribution is 2.30. The maximum Gasteiger partial charge on any atom is 0.416 e. The zero-order chi connectivity index (χ0) is 23.9. The van der Waals surface area contributed by atoms with E-state index in [1.54, 1.807) is 32.0 Å². The summed E-state index contributed by atoms with van der Waals surface area (Å²) in [6.07, 6.45) is -5.73. The molecule has 10 heteroatoms. The Morgan fingerprint density at radius 1 is 1.09 bits per heavy atom. The lowest BCUT2D eigenvalue weighted by Gasteiger charge is -2.18. The number of amides is 1. The molecule has 32 heavy (non-hydrogen) atoms. The molecule has 1 atom stereocenters. The van der Waals surface area contributed by atoms with Gasteiger partial charge in [0, 0.05) is 6.42 Å². The van der Waals surface area contributed by atoms with E-state index in [9.17, 15) is 27.9 Å². The van der Waals surface area contributed by atoms with Gasteiger partial charge in [-0.1, -0.05) is 6.07 Å². The van der Waals surface area contributed by atoms with Crippen LogP contribution in [0.4, 0.5) is 18.9 Å². The number of carboxylic acids is 1. The Kier molecular flexibility index (Phi) is 8.48. The highest BCUT2D eigenvalue weighted by molar-refractivity contribution is 5.93. The molecule has 0 aliphatic rings. The molecular formula is C22H24F3NO6. The summed E-state index contributed by atoms with van der Waals surface area (Å²) in [5.74, 6) is -1.24. The van der Waals surface area contributed by atoms with Crippen LogP contribution in [0.15, 0.2) is 42.5 Å². The Balaban J connectivity index is 2.04. The molecule has 2 aromatic carbocycles. The van der Waals surface area contributed by atoms with E-state index in [2.05, 4.69) is 5.32 Å². The van der Waals surface area contributed by atoms with Gasteiger partial charge in [-0.05, 0) is 55.8 Å². The molecule has 7 nitrogen and oxygen atoms in total. The van der Waals surface area contributed by atoms with Gasteiger partial charge in [0.1, 0.15) is 11.5 Å². The van der Waals surface area contributed by atoms with Crippen molar-refractivity contribution < 1.29 is 42.1 Å². The number of anilines is 1. The first-order chi connectivity index (χ1) is 15.0. The number of carbonyl (C=O) groups is 2. The minimum Gasteiger partial charge on any atom is -0.495 e. The highest BCUT2D eigenvalue weighted by Gasteiger charge is 2.30. The van der Waals surface area contributed by atoms with Crippen LogP contribution in [0.1, 0.15) is 25.0 Å². The average Bonchev–Trinajstić information content (AvgIpc) is 2.71. The molecule has 174 valence electrons. The SMILES string of the molecule is COc1ccc(CC(OC(C)C)C(=O)O)cc1NC(=O)COc1ccc(C(F)(F)F)cc1. The maximum atomic E-state index is 12.6. The van der Waals surface area contributed by atoms with E-state index in [0.717, 1.165) is 24.3 Å². The van der Waals surface area contributed by atoms with E-state index in [0.29, 0.717) is 17.0 Å². The summed E-state index contributed by atoms with van der Waals surface area (Å²) >= 11 is 0. The molecule has 1 unspecified atom stereocenters. The number of hydrogen-bond acceptors (Lipinski definition) is 5. The number of benzene rings is 2. The van der Waals surface area contributed by atoms with Crippen molar-refractivity contribution in [2.45, 2.75) is 38.7 Å². The lowest BCUT2D eigenvalue weighted by molar-refractivity contribution is -0.153. The Bertz CT molecular complexity index is 928. The lowest BCUT2D eigenvalue weighted by Crippen LogP contribution is -2.29. The zero-order valence-corrected chi connectivity index (χ0v) is 17.7. The van der Waals surface area contributed by atoms with Gasteiger partial charge in [0.25, 0.3) is 5.91 Å². The average molecular weight is 455 g/mol. The Morgan fingerprint density at radius 2 is 1.75 bits per heavy atom. The quantitative estimate of drug-likeness (QED) is 0.559. The smallest absolute Gasteiger partial charge is 0.416 e. The largest absolute Gasteiger partial charge is 0.495 e. The van der Waals surface area contributed by atoms with Gasteiger partial charge in [0.05, 0.1) is 24.5 Å². The minimum atomic E-state index is -4.46. The van der Waals surface area contributed by atoms with Crippen molar-refractivity contribution >= 4 is 17.6 Å². The van der Waals surface area contributed by atoms with E-state index < -0.39 is 36.3 Å². The second-order valence-electron chi connectivity index (χ2n) is 7.11. The van der Waals surface area contributed by atoms with Crippen LogP contribution in [0.5, 0.6) is 11.5 Å².